The maximum absolute atomic E-state index is 14.5. The summed E-state index contributed by atoms with van der Waals surface area (Å²) in [5, 5.41) is 11.3. The number of aliphatic hydroxyl groups excluding tert-OH is 1. The van der Waals surface area contributed by atoms with Crippen LogP contribution in [0.3, 0.4) is 0 Å². The van der Waals surface area contributed by atoms with Crippen LogP contribution in [0.15, 0.2) is 24.3 Å². The van der Waals surface area contributed by atoms with Gasteiger partial charge in [0, 0.05) is 0 Å². The molecule has 0 heterocycles. The average Bonchev–Trinajstić information content (AvgIpc) is 2.73. The summed E-state index contributed by atoms with van der Waals surface area (Å²) in [6.45, 7) is 13.1. The van der Waals surface area contributed by atoms with Gasteiger partial charge in [-0.1, -0.05) is 66.5 Å². The topological polar surface area (TPSA) is 55.8 Å². The van der Waals surface area contributed by atoms with Crippen molar-refractivity contribution in [1.29, 1.82) is 0 Å². The molecule has 2 fully saturated rings. The highest BCUT2D eigenvalue weighted by Gasteiger charge is 2.46. The molecule has 0 radical (unpaired) electrons. The second-order valence-corrected chi connectivity index (χ2v) is 13.4. The Morgan fingerprint density at radius 2 is 1.27 bits per heavy atom. The summed E-state index contributed by atoms with van der Waals surface area (Å²) in [4.78, 5) is 0. The van der Waals surface area contributed by atoms with E-state index in [-0.39, 0.29) is 24.0 Å². The number of aliphatic hydroxyl groups is 1. The zero-order chi connectivity index (χ0) is 24.3. The summed E-state index contributed by atoms with van der Waals surface area (Å²) in [6.07, 6.45) is 5.45. The zero-order valence-electron chi connectivity index (χ0n) is 21.2. The lowest BCUT2D eigenvalue weighted by Gasteiger charge is -2.42. The summed E-state index contributed by atoms with van der Waals surface area (Å²) in [7, 11) is -3.96. The molecule has 1 aromatic rings. The van der Waals surface area contributed by atoms with E-state index in [0.717, 1.165) is 38.5 Å². The average molecular weight is 483 g/mol. The Morgan fingerprint density at radius 3 is 1.67 bits per heavy atom. The Kier molecular flexibility index (Phi) is 9.22. The van der Waals surface area contributed by atoms with Gasteiger partial charge in [0.15, 0.2) is 5.85 Å². The highest BCUT2D eigenvalue weighted by Crippen LogP contribution is 2.64. The highest BCUT2D eigenvalue weighted by atomic mass is 31.2. The summed E-state index contributed by atoms with van der Waals surface area (Å²) in [5.74, 6) is 0.417. The molecule has 0 aromatic heterocycles. The van der Waals surface area contributed by atoms with Crippen LogP contribution in [0.5, 0.6) is 0 Å². The van der Waals surface area contributed by atoms with Gasteiger partial charge >= 0.3 is 7.60 Å². The second kappa shape index (κ2) is 11.3. The first kappa shape index (κ1) is 26.9. The molecule has 6 heteroatoms. The molecule has 0 aliphatic heterocycles. The molecular weight excluding hydrogens is 438 g/mol. The SMILES string of the molecule is CC(C)[C@H]1CC[C@H](C)C[C@H]1OP(=O)(O[C@H]1C[C@@H](C)CC[C@H]1C(C)C)[C@@H](O)c1ccc(F)cc1. The second-order valence-electron chi connectivity index (χ2n) is 11.4. The van der Waals surface area contributed by atoms with E-state index in [0.29, 0.717) is 29.2 Å². The predicted octanol–water partition coefficient (Wildman–Crippen LogP) is 7.96. The van der Waals surface area contributed by atoms with Gasteiger partial charge in [0.2, 0.25) is 0 Å². The number of hydrogen-bond donors (Lipinski definition) is 1. The van der Waals surface area contributed by atoms with Crippen LogP contribution in [0.2, 0.25) is 0 Å². The lowest BCUT2D eigenvalue weighted by Crippen LogP contribution is -2.37. The largest absolute Gasteiger partial charge is 0.376 e. The number of hydrogen-bond acceptors (Lipinski definition) is 4. The van der Waals surface area contributed by atoms with Gasteiger partial charge in [-0.2, -0.15) is 0 Å². The molecule has 2 aliphatic rings. The van der Waals surface area contributed by atoms with Crippen LogP contribution in [-0.4, -0.2) is 17.3 Å². The number of halogens is 1. The Labute approximate surface area is 200 Å². The van der Waals surface area contributed by atoms with E-state index < -0.39 is 19.3 Å². The minimum atomic E-state index is -3.96. The van der Waals surface area contributed by atoms with E-state index in [9.17, 15) is 14.1 Å². The van der Waals surface area contributed by atoms with Crippen molar-refractivity contribution >= 4 is 7.60 Å². The Hall–Kier alpha value is -0.740. The fraction of sp³-hybridized carbons (Fsp3) is 0.778. The van der Waals surface area contributed by atoms with Crippen molar-refractivity contribution in [2.75, 3.05) is 0 Å². The molecule has 33 heavy (non-hydrogen) atoms. The first-order valence-electron chi connectivity index (χ1n) is 12.9. The third-order valence-electron chi connectivity index (χ3n) is 7.95. The lowest BCUT2D eigenvalue weighted by atomic mass is 9.75. The van der Waals surface area contributed by atoms with Crippen LogP contribution in [0.25, 0.3) is 0 Å². The molecule has 0 bridgehead atoms. The summed E-state index contributed by atoms with van der Waals surface area (Å²) < 4.78 is 40.9. The van der Waals surface area contributed by atoms with Crippen molar-refractivity contribution in [3.05, 3.63) is 35.6 Å². The number of rotatable bonds is 8. The van der Waals surface area contributed by atoms with Crippen LogP contribution >= 0.6 is 7.60 Å². The standard InChI is InChI=1S/C27H44FO4P/c1-17(2)23-13-7-19(5)15-25(23)31-33(30,27(29)21-9-11-22(28)12-10-21)32-26-16-20(6)8-14-24(26)18(3)4/h9-12,17-20,23-27,29H,7-8,13-16H2,1-6H3/t19-,20-,23-,24+,25-,26+,27+,33?/m0/s1. The van der Waals surface area contributed by atoms with E-state index in [2.05, 4.69) is 41.5 Å². The first-order chi connectivity index (χ1) is 15.5. The smallest absolute Gasteiger partial charge is 0.363 e. The predicted molar refractivity (Wildman–Crippen MR) is 131 cm³/mol. The molecule has 0 spiro atoms. The highest BCUT2D eigenvalue weighted by molar-refractivity contribution is 7.54. The van der Waals surface area contributed by atoms with Gasteiger partial charge in [0.1, 0.15) is 5.82 Å². The lowest BCUT2D eigenvalue weighted by molar-refractivity contribution is -0.0154. The minimum absolute atomic E-state index is 0.229. The minimum Gasteiger partial charge on any atom is -0.376 e. The molecule has 2 saturated carbocycles. The fourth-order valence-corrected chi connectivity index (χ4v) is 7.86. The third-order valence-corrected chi connectivity index (χ3v) is 9.98. The fourth-order valence-electron chi connectivity index (χ4n) is 5.81. The van der Waals surface area contributed by atoms with E-state index in [1.165, 1.54) is 24.3 Å². The third kappa shape index (κ3) is 6.69. The van der Waals surface area contributed by atoms with Crippen LogP contribution in [-0.2, 0) is 13.6 Å². The van der Waals surface area contributed by atoms with E-state index >= 15 is 0 Å². The van der Waals surface area contributed by atoms with Crippen LogP contribution in [0.1, 0.15) is 91.5 Å². The van der Waals surface area contributed by atoms with Gasteiger partial charge in [0.05, 0.1) is 12.2 Å². The number of benzene rings is 1. The van der Waals surface area contributed by atoms with Crippen molar-refractivity contribution in [3.63, 3.8) is 0 Å². The summed E-state index contributed by atoms with van der Waals surface area (Å²) in [6, 6.07) is 5.52. The maximum Gasteiger partial charge on any atom is 0.363 e. The monoisotopic (exact) mass is 482 g/mol. The summed E-state index contributed by atoms with van der Waals surface area (Å²) >= 11 is 0. The molecule has 188 valence electrons. The quantitative estimate of drug-likeness (QED) is 0.382. The van der Waals surface area contributed by atoms with Crippen molar-refractivity contribution in [3.8, 4) is 0 Å². The molecule has 1 aromatic carbocycles. The van der Waals surface area contributed by atoms with E-state index in [4.69, 9.17) is 9.05 Å². The van der Waals surface area contributed by atoms with Gasteiger partial charge in [-0.25, -0.2) is 4.39 Å². The van der Waals surface area contributed by atoms with Crippen LogP contribution in [0, 0.1) is 41.3 Å². The van der Waals surface area contributed by atoms with Crippen molar-refractivity contribution < 1.29 is 23.1 Å². The molecule has 3 rings (SSSR count). The van der Waals surface area contributed by atoms with Gasteiger partial charge in [0.25, 0.3) is 0 Å². The van der Waals surface area contributed by atoms with Gasteiger partial charge in [-0.05, 0) is 78.9 Å². The Bertz CT molecular complexity index is 758. The summed E-state index contributed by atoms with van der Waals surface area (Å²) in [5.41, 5.74) is 0.370. The first-order valence-corrected chi connectivity index (χ1v) is 14.5. The molecule has 8 atom stereocenters. The molecular formula is C27H44FO4P. The zero-order valence-corrected chi connectivity index (χ0v) is 22.1. The van der Waals surface area contributed by atoms with Gasteiger partial charge < -0.3 is 14.2 Å². The maximum atomic E-state index is 14.5. The van der Waals surface area contributed by atoms with E-state index in [1.807, 2.05) is 0 Å². The molecule has 1 N–H and O–H groups in total. The van der Waals surface area contributed by atoms with Crippen LogP contribution in [0.4, 0.5) is 4.39 Å². The normalized spacial score (nSPS) is 33.8. The van der Waals surface area contributed by atoms with Crippen molar-refractivity contribution in [1.82, 2.24) is 0 Å². The van der Waals surface area contributed by atoms with Gasteiger partial charge in [-0.15, -0.1) is 0 Å². The molecule has 2 aliphatic carbocycles. The molecule has 4 nitrogen and oxygen atoms in total. The Balaban J connectivity index is 1.94. The molecule has 0 saturated heterocycles. The Morgan fingerprint density at radius 1 is 0.848 bits per heavy atom. The molecule has 1 unspecified atom stereocenters. The van der Waals surface area contributed by atoms with E-state index in [1.54, 1.807) is 0 Å². The van der Waals surface area contributed by atoms with Crippen LogP contribution < -0.4 is 0 Å². The molecule has 0 amide bonds. The van der Waals surface area contributed by atoms with Crippen molar-refractivity contribution in [2.24, 2.45) is 35.5 Å². The van der Waals surface area contributed by atoms with Gasteiger partial charge in [-0.3, -0.25) is 4.57 Å². The van der Waals surface area contributed by atoms with Crippen molar-refractivity contribution in [2.45, 2.75) is 98.1 Å².